The third-order valence-corrected chi connectivity index (χ3v) is 17.6. The SMILES string of the molecule is CCCCCCCCCCCCCCC(=O)O[C@H](COC(=O)CCCCCCCCC(C)CC)COP(=O)(O)OC[C@H](O)COP(=O)(O)OC[C@@H](COC(=O)CCCCCCCCCCCC(C)C)OC(=O)CCCCCCCCCCCC(C)C. The lowest BCUT2D eigenvalue weighted by molar-refractivity contribution is -0.161. The molecule has 86 heavy (non-hydrogen) atoms. The summed E-state index contributed by atoms with van der Waals surface area (Å²) in [4.78, 5) is 72.4. The second-order valence-electron chi connectivity index (χ2n) is 25.4. The number of unbranched alkanes of at least 4 members (excludes halogenated alkanes) is 32. The molecule has 3 N–H and O–H groups in total. The summed E-state index contributed by atoms with van der Waals surface area (Å²) in [6.07, 6.45) is 40.3. The molecule has 0 aromatic heterocycles. The lowest BCUT2D eigenvalue weighted by atomic mass is 10.00. The van der Waals surface area contributed by atoms with Gasteiger partial charge in [0, 0.05) is 25.7 Å². The molecule has 510 valence electrons. The number of ether oxygens (including phenoxy) is 4. The van der Waals surface area contributed by atoms with Gasteiger partial charge in [-0.05, 0) is 43.4 Å². The van der Waals surface area contributed by atoms with Crippen LogP contribution in [0, 0.1) is 17.8 Å². The van der Waals surface area contributed by atoms with E-state index in [2.05, 4.69) is 48.5 Å². The quantitative estimate of drug-likeness (QED) is 0.0222. The number of aliphatic hydroxyl groups excluding tert-OH is 1. The summed E-state index contributed by atoms with van der Waals surface area (Å²) in [6.45, 7) is 11.7. The van der Waals surface area contributed by atoms with Gasteiger partial charge in [-0.1, -0.05) is 280 Å². The Bertz CT molecular complexity index is 1700. The number of aliphatic hydroxyl groups is 1. The Kier molecular flexibility index (Phi) is 56.9. The Balaban J connectivity index is 5.26. The van der Waals surface area contributed by atoms with Gasteiger partial charge < -0.3 is 33.8 Å². The van der Waals surface area contributed by atoms with Crippen LogP contribution in [-0.2, 0) is 65.4 Å². The van der Waals surface area contributed by atoms with Crippen LogP contribution in [-0.4, -0.2) is 96.7 Å². The first kappa shape index (κ1) is 84.1. The van der Waals surface area contributed by atoms with Crippen LogP contribution in [0.15, 0.2) is 0 Å². The Labute approximate surface area is 524 Å². The highest BCUT2D eigenvalue weighted by Crippen LogP contribution is 2.45. The third kappa shape index (κ3) is 59.7. The van der Waals surface area contributed by atoms with Gasteiger partial charge in [-0.3, -0.25) is 37.3 Å². The maximum atomic E-state index is 13.0. The van der Waals surface area contributed by atoms with Crippen molar-refractivity contribution in [1.29, 1.82) is 0 Å². The fraction of sp³-hybridized carbons (Fsp3) is 0.940. The molecule has 0 amide bonds. The van der Waals surface area contributed by atoms with Gasteiger partial charge in [0.05, 0.1) is 26.4 Å². The normalized spacial score (nSPS) is 14.6. The van der Waals surface area contributed by atoms with Crippen molar-refractivity contribution in [2.24, 2.45) is 17.8 Å². The zero-order chi connectivity index (χ0) is 63.8. The molecule has 0 saturated heterocycles. The molecule has 0 aromatic carbocycles. The molecule has 0 bridgehead atoms. The molecule has 17 nitrogen and oxygen atoms in total. The van der Waals surface area contributed by atoms with Crippen molar-refractivity contribution in [2.75, 3.05) is 39.6 Å². The minimum atomic E-state index is -4.95. The van der Waals surface area contributed by atoms with E-state index < -0.39 is 97.5 Å². The monoisotopic (exact) mass is 1270 g/mol. The van der Waals surface area contributed by atoms with Crippen molar-refractivity contribution in [3.63, 3.8) is 0 Å². The molecule has 0 spiro atoms. The number of hydrogen-bond donors (Lipinski definition) is 3. The van der Waals surface area contributed by atoms with E-state index in [0.29, 0.717) is 25.7 Å². The van der Waals surface area contributed by atoms with Crippen LogP contribution in [0.5, 0.6) is 0 Å². The summed E-state index contributed by atoms with van der Waals surface area (Å²) in [5.41, 5.74) is 0. The second kappa shape index (κ2) is 58.2. The van der Waals surface area contributed by atoms with Gasteiger partial charge in [-0.2, -0.15) is 0 Å². The van der Waals surface area contributed by atoms with Crippen LogP contribution in [0.1, 0.15) is 331 Å². The molecule has 0 aliphatic carbocycles. The topological polar surface area (TPSA) is 237 Å². The fourth-order valence-corrected chi connectivity index (χ4v) is 11.6. The van der Waals surface area contributed by atoms with Crippen molar-refractivity contribution >= 4 is 39.5 Å². The van der Waals surface area contributed by atoms with Crippen molar-refractivity contribution in [3.8, 4) is 0 Å². The number of hydrogen-bond acceptors (Lipinski definition) is 15. The minimum Gasteiger partial charge on any atom is -0.462 e. The maximum absolute atomic E-state index is 13.0. The molecule has 0 aliphatic rings. The molecule has 19 heteroatoms. The maximum Gasteiger partial charge on any atom is 0.472 e. The molecule has 0 aromatic rings. The summed E-state index contributed by atoms with van der Waals surface area (Å²) in [5, 5.41) is 10.6. The van der Waals surface area contributed by atoms with Crippen LogP contribution in [0.3, 0.4) is 0 Å². The molecule has 0 rings (SSSR count). The number of carbonyl (C=O) groups excluding carboxylic acids is 4. The Morgan fingerprint density at radius 3 is 0.884 bits per heavy atom. The molecule has 0 aliphatic heterocycles. The lowest BCUT2D eigenvalue weighted by Crippen LogP contribution is -2.30. The number of phosphoric ester groups is 2. The molecular formula is C67H130O17P2. The zero-order valence-electron chi connectivity index (χ0n) is 55.8. The van der Waals surface area contributed by atoms with Crippen molar-refractivity contribution in [2.45, 2.75) is 349 Å². The molecule has 0 fully saturated rings. The van der Waals surface area contributed by atoms with Crippen molar-refractivity contribution in [3.05, 3.63) is 0 Å². The Hall–Kier alpha value is -1.94. The van der Waals surface area contributed by atoms with Crippen molar-refractivity contribution in [1.82, 2.24) is 0 Å². The smallest absolute Gasteiger partial charge is 0.462 e. The van der Waals surface area contributed by atoms with Gasteiger partial charge in [0.25, 0.3) is 0 Å². The molecule has 0 radical (unpaired) electrons. The lowest BCUT2D eigenvalue weighted by Gasteiger charge is -2.21. The first-order valence-corrected chi connectivity index (χ1v) is 37.9. The van der Waals surface area contributed by atoms with E-state index in [1.165, 1.54) is 135 Å². The van der Waals surface area contributed by atoms with Crippen LogP contribution >= 0.6 is 15.6 Å². The number of carbonyl (C=O) groups is 4. The Morgan fingerprint density at radius 1 is 0.337 bits per heavy atom. The van der Waals surface area contributed by atoms with E-state index in [-0.39, 0.29) is 25.7 Å². The van der Waals surface area contributed by atoms with Gasteiger partial charge in [-0.15, -0.1) is 0 Å². The third-order valence-electron chi connectivity index (χ3n) is 15.7. The summed E-state index contributed by atoms with van der Waals surface area (Å²) < 4.78 is 68.1. The minimum absolute atomic E-state index is 0.104. The van der Waals surface area contributed by atoms with Gasteiger partial charge in [0.15, 0.2) is 12.2 Å². The average Bonchev–Trinajstić information content (AvgIpc) is 3.59. The van der Waals surface area contributed by atoms with E-state index in [4.69, 9.17) is 37.0 Å². The fourth-order valence-electron chi connectivity index (χ4n) is 9.98. The van der Waals surface area contributed by atoms with Gasteiger partial charge in [-0.25, -0.2) is 9.13 Å². The number of rotatable bonds is 65. The van der Waals surface area contributed by atoms with Gasteiger partial charge in [0.2, 0.25) is 0 Å². The first-order chi connectivity index (χ1) is 41.3. The zero-order valence-corrected chi connectivity index (χ0v) is 57.6. The van der Waals surface area contributed by atoms with Gasteiger partial charge >= 0.3 is 39.5 Å². The summed E-state index contributed by atoms with van der Waals surface area (Å²) in [5.74, 6) is 0.0800. The van der Waals surface area contributed by atoms with E-state index in [9.17, 15) is 43.2 Å². The predicted octanol–water partition coefficient (Wildman–Crippen LogP) is 18.7. The number of phosphoric acid groups is 2. The van der Waals surface area contributed by atoms with Crippen LogP contribution in [0.2, 0.25) is 0 Å². The second-order valence-corrected chi connectivity index (χ2v) is 28.3. The highest BCUT2D eigenvalue weighted by Gasteiger charge is 2.30. The summed E-state index contributed by atoms with van der Waals surface area (Å²) in [6, 6.07) is 0. The highest BCUT2D eigenvalue weighted by molar-refractivity contribution is 7.47. The van der Waals surface area contributed by atoms with E-state index >= 15 is 0 Å². The first-order valence-electron chi connectivity index (χ1n) is 34.9. The average molecular weight is 1270 g/mol. The van der Waals surface area contributed by atoms with E-state index in [0.717, 1.165) is 114 Å². The summed E-state index contributed by atoms with van der Waals surface area (Å²) >= 11 is 0. The largest absolute Gasteiger partial charge is 0.472 e. The van der Waals surface area contributed by atoms with Gasteiger partial charge in [0.1, 0.15) is 19.3 Å². The standard InChI is InChI=1S/C67H130O17P2/c1-8-10-11-12-13-14-15-16-21-27-36-43-50-66(71)84-63(55-78-65(70)49-42-35-30-29-33-40-47-60(7)9-2)57-82-86(75,76)80-53-61(68)52-79-85(73,74)81-56-62(83-67(72)51-44-37-28-23-18-20-25-32-39-46-59(5)6)54-77-64(69)48-41-34-26-22-17-19-24-31-38-45-58(3)4/h58-63,68H,8-57H2,1-7H3,(H,73,74)(H,75,76)/t60?,61-,62-,63-/m1/s1. The molecule has 6 atom stereocenters. The van der Waals surface area contributed by atoms with Crippen LogP contribution < -0.4 is 0 Å². The number of esters is 4. The van der Waals surface area contributed by atoms with E-state index in [1.807, 2.05) is 0 Å². The molecule has 3 unspecified atom stereocenters. The summed E-state index contributed by atoms with van der Waals surface area (Å²) in [7, 11) is -9.89. The van der Waals surface area contributed by atoms with Crippen molar-refractivity contribution < 1.29 is 80.2 Å². The highest BCUT2D eigenvalue weighted by atomic mass is 31.2. The molecule has 0 heterocycles. The Morgan fingerprint density at radius 2 is 0.593 bits per heavy atom. The predicted molar refractivity (Wildman–Crippen MR) is 344 cm³/mol. The van der Waals surface area contributed by atoms with Crippen LogP contribution in [0.25, 0.3) is 0 Å². The van der Waals surface area contributed by atoms with E-state index in [1.54, 1.807) is 0 Å². The molecule has 0 saturated carbocycles. The molecular weight excluding hydrogens is 1140 g/mol. The van der Waals surface area contributed by atoms with Crippen LogP contribution in [0.4, 0.5) is 0 Å².